The summed E-state index contributed by atoms with van der Waals surface area (Å²) < 4.78 is 6.62. The highest BCUT2D eigenvalue weighted by Crippen LogP contribution is 2.32. The number of hydrogen-bond acceptors (Lipinski definition) is 2. The zero-order valence-electron chi connectivity index (χ0n) is 9.00. The van der Waals surface area contributed by atoms with Gasteiger partial charge >= 0.3 is 0 Å². The molecule has 4 heteroatoms. The lowest BCUT2D eigenvalue weighted by Crippen LogP contribution is -2.08. The van der Waals surface area contributed by atoms with Gasteiger partial charge in [-0.25, -0.2) is 0 Å². The molecule has 0 fully saturated rings. The number of ether oxygens (including phenoxy) is 1. The molecule has 0 bridgehead atoms. The van der Waals surface area contributed by atoms with Crippen LogP contribution in [0.4, 0.5) is 0 Å². The van der Waals surface area contributed by atoms with Gasteiger partial charge in [-0.1, -0.05) is 19.1 Å². The van der Waals surface area contributed by atoms with Crippen LogP contribution in [0, 0.1) is 0 Å². The molecule has 1 unspecified atom stereocenters. The van der Waals surface area contributed by atoms with E-state index in [4.69, 9.17) is 10.5 Å². The van der Waals surface area contributed by atoms with Crippen LogP contribution in [0.5, 0.6) is 5.75 Å². The van der Waals surface area contributed by atoms with Crippen molar-refractivity contribution in [1.82, 2.24) is 0 Å². The van der Waals surface area contributed by atoms with Crippen LogP contribution in [0.1, 0.15) is 31.9 Å². The molecule has 0 radical (unpaired) electrons. The molecule has 0 spiro atoms. The van der Waals surface area contributed by atoms with Gasteiger partial charge < -0.3 is 10.5 Å². The smallest absolute Gasteiger partial charge is 0.138 e. The maximum Gasteiger partial charge on any atom is 0.138 e. The summed E-state index contributed by atoms with van der Waals surface area (Å²) in [5.74, 6) is 0.879. The minimum Gasteiger partial charge on any atom is -0.492 e. The Morgan fingerprint density at radius 2 is 2.13 bits per heavy atom. The Morgan fingerprint density at radius 1 is 1.47 bits per heavy atom. The monoisotopic (exact) mass is 293 g/mol. The van der Waals surface area contributed by atoms with E-state index in [1.807, 2.05) is 25.1 Å². The van der Waals surface area contributed by atoms with Crippen molar-refractivity contribution < 1.29 is 4.74 Å². The van der Waals surface area contributed by atoms with Gasteiger partial charge in [0, 0.05) is 11.6 Å². The van der Waals surface area contributed by atoms with Gasteiger partial charge in [0.1, 0.15) is 5.75 Å². The molecular weight excluding hydrogens is 277 g/mol. The van der Waals surface area contributed by atoms with Crippen LogP contribution < -0.4 is 10.5 Å². The van der Waals surface area contributed by atoms with Crippen molar-refractivity contribution in [2.75, 3.05) is 6.61 Å². The Kier molecular flexibility index (Phi) is 6.98. The molecule has 1 atom stereocenters. The highest BCUT2D eigenvalue weighted by molar-refractivity contribution is 9.10. The summed E-state index contributed by atoms with van der Waals surface area (Å²) in [4.78, 5) is 0. The lowest BCUT2D eigenvalue weighted by atomic mass is 10.1. The Hall–Kier alpha value is -0.250. The predicted octanol–water partition coefficient (Wildman–Crippen LogP) is 3.68. The van der Waals surface area contributed by atoms with Gasteiger partial charge in [0.25, 0.3) is 0 Å². The molecule has 1 aromatic rings. The molecule has 1 aromatic carbocycles. The summed E-state index contributed by atoms with van der Waals surface area (Å²) in [7, 11) is 0. The van der Waals surface area contributed by atoms with Crippen molar-refractivity contribution in [3.8, 4) is 5.75 Å². The highest BCUT2D eigenvalue weighted by atomic mass is 79.9. The Labute approximate surface area is 106 Å². The fraction of sp³-hybridized carbons (Fsp3) is 0.455. The van der Waals surface area contributed by atoms with Gasteiger partial charge in [-0.15, -0.1) is 12.4 Å². The summed E-state index contributed by atoms with van der Waals surface area (Å²) in [6.07, 6.45) is 1.000. The van der Waals surface area contributed by atoms with Crippen molar-refractivity contribution >= 4 is 28.3 Å². The van der Waals surface area contributed by atoms with E-state index >= 15 is 0 Å². The Balaban J connectivity index is 0.00000196. The van der Waals surface area contributed by atoms with Gasteiger partial charge in [-0.05, 0) is 35.3 Å². The number of hydrogen-bond donors (Lipinski definition) is 1. The largest absolute Gasteiger partial charge is 0.492 e. The Morgan fingerprint density at radius 3 is 2.67 bits per heavy atom. The van der Waals surface area contributed by atoms with E-state index in [9.17, 15) is 0 Å². The molecule has 2 N–H and O–H groups in total. The van der Waals surface area contributed by atoms with Crippen LogP contribution in [0.25, 0.3) is 0 Å². The third-order valence-electron chi connectivity index (χ3n) is 1.94. The summed E-state index contributed by atoms with van der Waals surface area (Å²) in [6, 6.07) is 5.94. The quantitative estimate of drug-likeness (QED) is 0.919. The normalized spacial score (nSPS) is 11.7. The average Bonchev–Trinajstić information content (AvgIpc) is 2.15. The lowest BCUT2D eigenvalue weighted by molar-refractivity contribution is 0.310. The molecule has 0 heterocycles. The van der Waals surface area contributed by atoms with E-state index in [0.29, 0.717) is 0 Å². The minimum absolute atomic E-state index is 0. The molecule has 0 aliphatic heterocycles. The summed E-state index contributed by atoms with van der Waals surface area (Å²) in [5.41, 5.74) is 6.90. The molecule has 15 heavy (non-hydrogen) atoms. The van der Waals surface area contributed by atoms with Gasteiger partial charge in [-0.2, -0.15) is 0 Å². The fourth-order valence-corrected chi connectivity index (χ4v) is 1.74. The fourth-order valence-electron chi connectivity index (χ4n) is 1.24. The summed E-state index contributed by atoms with van der Waals surface area (Å²) >= 11 is 3.47. The minimum atomic E-state index is -0.000596. The van der Waals surface area contributed by atoms with Crippen molar-refractivity contribution in [1.29, 1.82) is 0 Å². The highest BCUT2D eigenvalue weighted by Gasteiger charge is 2.10. The van der Waals surface area contributed by atoms with E-state index in [0.717, 1.165) is 28.8 Å². The van der Waals surface area contributed by atoms with E-state index in [2.05, 4.69) is 22.9 Å². The number of rotatable bonds is 4. The van der Waals surface area contributed by atoms with Crippen LogP contribution in [-0.4, -0.2) is 6.61 Å². The number of nitrogens with two attached hydrogens (primary N) is 1. The molecule has 1 rings (SSSR count). The topological polar surface area (TPSA) is 35.2 Å². The van der Waals surface area contributed by atoms with E-state index < -0.39 is 0 Å². The molecule has 86 valence electrons. The molecule has 0 aromatic heterocycles. The van der Waals surface area contributed by atoms with Crippen LogP contribution in [0.2, 0.25) is 0 Å². The van der Waals surface area contributed by atoms with Crippen molar-refractivity contribution in [2.45, 2.75) is 26.3 Å². The second kappa shape index (κ2) is 7.09. The van der Waals surface area contributed by atoms with Gasteiger partial charge in [0.05, 0.1) is 11.1 Å². The van der Waals surface area contributed by atoms with Gasteiger partial charge in [-0.3, -0.25) is 0 Å². The van der Waals surface area contributed by atoms with E-state index in [1.165, 1.54) is 0 Å². The third-order valence-corrected chi connectivity index (χ3v) is 2.56. The van der Waals surface area contributed by atoms with E-state index in [1.54, 1.807) is 0 Å². The van der Waals surface area contributed by atoms with Crippen molar-refractivity contribution in [3.63, 3.8) is 0 Å². The molecule has 0 aliphatic rings. The molecule has 0 aliphatic carbocycles. The van der Waals surface area contributed by atoms with Crippen LogP contribution in [0.15, 0.2) is 22.7 Å². The van der Waals surface area contributed by atoms with Crippen molar-refractivity contribution in [2.24, 2.45) is 5.73 Å². The Bertz CT molecular complexity index is 305. The number of halogens is 2. The first-order valence-corrected chi connectivity index (χ1v) is 5.63. The van der Waals surface area contributed by atoms with Crippen LogP contribution in [-0.2, 0) is 0 Å². The first-order chi connectivity index (χ1) is 6.66. The standard InChI is InChI=1S/C11H16BrNO.ClH/c1-3-7-14-11-9(8(2)13)5-4-6-10(11)12;/h4-6,8H,3,7,13H2,1-2H3;1H. The number of para-hydroxylation sites is 1. The maximum atomic E-state index is 5.85. The lowest BCUT2D eigenvalue weighted by Gasteiger charge is -2.14. The number of benzene rings is 1. The molecule has 0 saturated carbocycles. The molecule has 2 nitrogen and oxygen atoms in total. The third kappa shape index (κ3) is 4.01. The molecular formula is C11H17BrClNO. The molecule has 0 saturated heterocycles. The van der Waals surface area contributed by atoms with E-state index in [-0.39, 0.29) is 18.4 Å². The zero-order valence-corrected chi connectivity index (χ0v) is 11.4. The second-order valence-corrected chi connectivity index (χ2v) is 4.15. The SMILES string of the molecule is CCCOc1c(Br)cccc1C(C)N.Cl. The average molecular weight is 295 g/mol. The first-order valence-electron chi connectivity index (χ1n) is 4.83. The van der Waals surface area contributed by atoms with Crippen LogP contribution >= 0.6 is 28.3 Å². The van der Waals surface area contributed by atoms with Gasteiger partial charge in [0.2, 0.25) is 0 Å². The molecule has 0 amide bonds. The van der Waals surface area contributed by atoms with Gasteiger partial charge in [0.15, 0.2) is 0 Å². The second-order valence-electron chi connectivity index (χ2n) is 3.30. The summed E-state index contributed by atoms with van der Waals surface area (Å²) in [5, 5.41) is 0. The zero-order chi connectivity index (χ0) is 10.6. The van der Waals surface area contributed by atoms with Crippen LogP contribution in [0.3, 0.4) is 0 Å². The summed E-state index contributed by atoms with van der Waals surface area (Å²) in [6.45, 7) is 4.77. The predicted molar refractivity (Wildman–Crippen MR) is 69.8 cm³/mol. The first kappa shape index (κ1) is 14.8. The maximum absolute atomic E-state index is 5.85. The van der Waals surface area contributed by atoms with Crippen molar-refractivity contribution in [3.05, 3.63) is 28.2 Å².